The lowest BCUT2D eigenvalue weighted by molar-refractivity contribution is -0.138. The first-order valence-corrected chi connectivity index (χ1v) is 19.7. The largest absolute Gasteiger partial charge is 0.480 e. The van der Waals surface area contributed by atoms with Crippen LogP contribution in [0.25, 0.3) is 0 Å². The molecule has 0 aliphatic carbocycles. The topological polar surface area (TPSA) is 166 Å². The third kappa shape index (κ3) is 11.1. The molecule has 0 spiro atoms. The average Bonchev–Trinajstić information content (AvgIpc) is 2.85. The minimum atomic E-state index is -4.24. The molecule has 1 amide bonds. The maximum absolute atomic E-state index is 13.6. The number of ether oxygens (including phenoxy) is 3. The highest BCUT2D eigenvalue weighted by Gasteiger charge is 2.33. The van der Waals surface area contributed by atoms with Gasteiger partial charge in [-0.2, -0.15) is 0 Å². The molecule has 234 valence electrons. The number of methoxy groups -OCH3 is 1. The smallest absolute Gasteiger partial charge is 0.408 e. The summed E-state index contributed by atoms with van der Waals surface area (Å²) >= 11 is 13.3. The van der Waals surface area contributed by atoms with Crippen LogP contribution in [0, 0.1) is 0 Å². The van der Waals surface area contributed by atoms with Gasteiger partial charge in [-0.1, -0.05) is 48.9 Å². The summed E-state index contributed by atoms with van der Waals surface area (Å²) in [5.41, 5.74) is -2.41. The Morgan fingerprint density at radius 2 is 1.86 bits per heavy atom. The van der Waals surface area contributed by atoms with E-state index in [4.69, 9.17) is 37.4 Å². The SMILES string of the molecule is COc1nc(SC[C@H](NC(=O)OC(C)(C)C)C(=O)O)cnc1NC(OCC[Si](C)(C)C)S(=O)(=O)c1cccc(Cl)c1Cl. The zero-order valence-corrected chi connectivity index (χ0v) is 28.5. The van der Waals surface area contributed by atoms with Gasteiger partial charge in [0.2, 0.25) is 15.4 Å². The van der Waals surface area contributed by atoms with Crippen LogP contribution >= 0.6 is 35.0 Å². The van der Waals surface area contributed by atoms with Crippen molar-refractivity contribution in [2.75, 3.05) is 24.8 Å². The number of halogens is 2. The van der Waals surface area contributed by atoms with E-state index in [0.717, 1.165) is 11.8 Å². The number of aromatic nitrogens is 2. The predicted molar refractivity (Wildman–Crippen MR) is 165 cm³/mol. The number of rotatable bonds is 14. The minimum Gasteiger partial charge on any atom is -0.480 e. The second-order valence-electron chi connectivity index (χ2n) is 11.2. The molecule has 17 heteroatoms. The number of alkyl carbamates (subject to hydrolysis) is 1. The molecule has 2 rings (SSSR count). The monoisotopic (exact) mass is 682 g/mol. The van der Waals surface area contributed by atoms with E-state index in [1.165, 1.54) is 31.5 Å². The van der Waals surface area contributed by atoms with Gasteiger partial charge in [0.15, 0.2) is 5.82 Å². The number of hydrogen-bond donors (Lipinski definition) is 3. The molecule has 0 radical (unpaired) electrons. The van der Waals surface area contributed by atoms with Crippen LogP contribution in [0.1, 0.15) is 20.8 Å². The summed E-state index contributed by atoms with van der Waals surface area (Å²) in [7, 11) is -4.50. The zero-order valence-electron chi connectivity index (χ0n) is 24.4. The fraction of sp³-hybridized carbons (Fsp3) is 0.520. The summed E-state index contributed by atoms with van der Waals surface area (Å²) in [4.78, 5) is 32.1. The van der Waals surface area contributed by atoms with Gasteiger partial charge in [-0.25, -0.2) is 28.0 Å². The molecule has 0 bridgehead atoms. The highest BCUT2D eigenvalue weighted by atomic mass is 35.5. The number of carbonyl (C=O) groups is 2. The Bertz CT molecular complexity index is 1370. The molecule has 1 heterocycles. The van der Waals surface area contributed by atoms with Crippen molar-refractivity contribution in [3.63, 3.8) is 0 Å². The van der Waals surface area contributed by atoms with Crippen molar-refractivity contribution in [2.45, 2.75) is 73.6 Å². The standard InChI is InChI=1S/C25H36Cl2N4O8S2Si/c1-25(2,3)39-23(34)29-16(22(32)33)14-40-18-13-28-20(21(30-18)37-4)31-24(38-11-12-42(5,6)7)41(35,36)17-10-8-9-15(26)19(17)27/h8-10,13,16,24H,11-12,14H2,1-7H3,(H,28,31)(H,29,34)(H,32,33)/t16-,24?/m0/s1. The third-order valence-electron chi connectivity index (χ3n) is 5.18. The fourth-order valence-electron chi connectivity index (χ4n) is 3.07. The van der Waals surface area contributed by atoms with Crippen LogP contribution in [0.3, 0.4) is 0 Å². The molecule has 1 aromatic carbocycles. The van der Waals surface area contributed by atoms with Gasteiger partial charge in [0.25, 0.3) is 5.88 Å². The molecule has 0 saturated heterocycles. The van der Waals surface area contributed by atoms with Crippen molar-refractivity contribution in [3.05, 3.63) is 34.4 Å². The number of carbonyl (C=O) groups excluding carboxylic acids is 1. The average molecular weight is 684 g/mol. The molecule has 0 saturated carbocycles. The van der Waals surface area contributed by atoms with Crippen LogP contribution in [0.15, 0.2) is 34.3 Å². The first-order chi connectivity index (χ1) is 19.3. The lowest BCUT2D eigenvalue weighted by Gasteiger charge is -2.23. The van der Waals surface area contributed by atoms with Crippen LogP contribution in [0.5, 0.6) is 5.88 Å². The van der Waals surface area contributed by atoms with Crippen LogP contribution in [0.2, 0.25) is 35.7 Å². The second-order valence-corrected chi connectivity index (χ2v) is 20.6. The number of nitrogens with one attached hydrogen (secondary N) is 2. The molecule has 2 atom stereocenters. The van der Waals surface area contributed by atoms with Gasteiger partial charge in [0, 0.05) is 20.4 Å². The molecule has 1 unspecified atom stereocenters. The second kappa shape index (κ2) is 14.9. The molecule has 1 aromatic heterocycles. The van der Waals surface area contributed by atoms with E-state index in [9.17, 15) is 23.1 Å². The maximum atomic E-state index is 13.6. The summed E-state index contributed by atoms with van der Waals surface area (Å²) in [6.45, 7) is 11.5. The van der Waals surface area contributed by atoms with Crippen molar-refractivity contribution >= 4 is 70.8 Å². The lowest BCUT2D eigenvalue weighted by atomic mass is 10.2. The molecule has 0 aliphatic heterocycles. The number of carboxylic acid groups (broad SMARTS) is 1. The van der Waals surface area contributed by atoms with E-state index in [0.29, 0.717) is 6.04 Å². The van der Waals surface area contributed by atoms with Gasteiger partial charge < -0.3 is 30.0 Å². The van der Waals surface area contributed by atoms with Gasteiger partial charge >= 0.3 is 12.1 Å². The van der Waals surface area contributed by atoms with Gasteiger partial charge in [-0.15, -0.1) is 11.8 Å². The van der Waals surface area contributed by atoms with E-state index in [1.54, 1.807) is 20.8 Å². The van der Waals surface area contributed by atoms with Crippen molar-refractivity contribution in [1.82, 2.24) is 15.3 Å². The van der Waals surface area contributed by atoms with E-state index >= 15 is 0 Å². The molecule has 0 aliphatic rings. The Kier molecular flexibility index (Phi) is 12.8. The number of sulfone groups is 1. The summed E-state index contributed by atoms with van der Waals surface area (Å²) < 4.78 is 43.6. The quantitative estimate of drug-likeness (QED) is 0.132. The number of amides is 1. The summed E-state index contributed by atoms with van der Waals surface area (Å²) in [5, 5.41) is 14.8. The number of aliphatic carboxylic acids is 1. The van der Waals surface area contributed by atoms with Gasteiger partial charge in [0.1, 0.15) is 16.7 Å². The number of hydrogen-bond acceptors (Lipinski definition) is 11. The number of benzene rings is 1. The van der Waals surface area contributed by atoms with Crippen LogP contribution in [-0.4, -0.2) is 80.3 Å². The first-order valence-electron chi connectivity index (χ1n) is 12.7. The summed E-state index contributed by atoms with van der Waals surface area (Å²) in [6, 6.07) is 3.67. The molecule has 42 heavy (non-hydrogen) atoms. The van der Waals surface area contributed by atoms with Crippen LogP contribution in [0.4, 0.5) is 10.6 Å². The number of thioether (sulfide) groups is 1. The minimum absolute atomic E-state index is 0.0387. The van der Waals surface area contributed by atoms with Gasteiger partial charge in [0.05, 0.1) is 28.2 Å². The Balaban J connectivity index is 2.30. The Morgan fingerprint density at radius 1 is 1.19 bits per heavy atom. The fourth-order valence-corrected chi connectivity index (χ4v) is 6.72. The Labute approximate surface area is 261 Å². The molecular weight excluding hydrogens is 647 g/mol. The molecule has 0 fully saturated rings. The van der Waals surface area contributed by atoms with Crippen LogP contribution in [-0.2, 0) is 24.1 Å². The predicted octanol–water partition coefficient (Wildman–Crippen LogP) is 5.39. The first kappa shape index (κ1) is 35.9. The molecule has 3 N–H and O–H groups in total. The maximum Gasteiger partial charge on any atom is 0.408 e. The number of anilines is 1. The Morgan fingerprint density at radius 3 is 2.43 bits per heavy atom. The normalized spacial score (nSPS) is 13.6. The highest BCUT2D eigenvalue weighted by molar-refractivity contribution is 7.99. The molecular formula is C25H36Cl2N4O8S2Si. The highest BCUT2D eigenvalue weighted by Crippen LogP contribution is 2.33. The lowest BCUT2D eigenvalue weighted by Crippen LogP contribution is -2.44. The summed E-state index contributed by atoms with van der Waals surface area (Å²) in [6.07, 6.45) is 0.430. The zero-order chi connectivity index (χ0) is 31.9. The van der Waals surface area contributed by atoms with Crippen molar-refractivity contribution in [1.29, 1.82) is 0 Å². The Hall–Kier alpha value is -2.30. The van der Waals surface area contributed by atoms with E-state index < -0.39 is 47.2 Å². The molecule has 2 aromatic rings. The third-order valence-corrected chi connectivity index (χ3v) is 10.6. The molecule has 12 nitrogen and oxygen atoms in total. The van der Waals surface area contributed by atoms with E-state index in [1.807, 2.05) is 0 Å². The van der Waals surface area contributed by atoms with Gasteiger partial charge in [-0.05, 0) is 38.9 Å². The van der Waals surface area contributed by atoms with E-state index in [-0.39, 0.29) is 44.0 Å². The van der Waals surface area contributed by atoms with Crippen LogP contribution < -0.4 is 15.4 Å². The van der Waals surface area contributed by atoms with Crippen molar-refractivity contribution in [3.8, 4) is 5.88 Å². The van der Waals surface area contributed by atoms with E-state index in [2.05, 4.69) is 40.2 Å². The van der Waals surface area contributed by atoms with Crippen molar-refractivity contribution in [2.24, 2.45) is 0 Å². The number of nitrogens with zero attached hydrogens (tertiary/aromatic N) is 2. The summed E-state index contributed by atoms with van der Waals surface area (Å²) in [5.74, 6) is -1.49. The number of carboxylic acids is 1. The van der Waals surface area contributed by atoms with Crippen molar-refractivity contribution < 1.29 is 37.3 Å². The van der Waals surface area contributed by atoms with Gasteiger partial charge in [-0.3, -0.25) is 0 Å².